The average Bonchev–Trinajstić information content (AvgIpc) is 2.05. The van der Waals surface area contributed by atoms with Crippen molar-refractivity contribution in [2.24, 2.45) is 0 Å². The lowest BCUT2D eigenvalue weighted by Gasteiger charge is -2.00. The predicted octanol–water partition coefficient (Wildman–Crippen LogP) is 3.19. The average molecular weight is 232 g/mol. The van der Waals surface area contributed by atoms with Crippen LogP contribution < -0.4 is 0 Å². The van der Waals surface area contributed by atoms with Crippen LogP contribution in [0.2, 0.25) is 0 Å². The van der Waals surface area contributed by atoms with Crippen LogP contribution in [0.4, 0.5) is 0 Å². The fourth-order valence-corrected chi connectivity index (χ4v) is 1.04. The van der Waals surface area contributed by atoms with Crippen molar-refractivity contribution in [1.82, 2.24) is 4.98 Å². The summed E-state index contributed by atoms with van der Waals surface area (Å²) in [6, 6.07) is 1.69. The van der Waals surface area contributed by atoms with E-state index in [2.05, 4.69) is 20.9 Å². The van der Waals surface area contributed by atoms with Gasteiger partial charge in [-0.05, 0) is 41.4 Å². The lowest BCUT2D eigenvalue weighted by Crippen LogP contribution is -1.85. The van der Waals surface area contributed by atoms with Crippen molar-refractivity contribution in [3.05, 3.63) is 21.9 Å². The summed E-state index contributed by atoms with van der Waals surface area (Å²) >= 11 is 3.26. The van der Waals surface area contributed by atoms with Crippen LogP contribution in [0.5, 0.6) is 5.75 Å². The van der Waals surface area contributed by atoms with Crippen LogP contribution >= 0.6 is 15.9 Å². The molecule has 0 fully saturated rings. The third-order valence-electron chi connectivity index (χ3n) is 1.32. The zero-order valence-corrected chi connectivity index (χ0v) is 9.44. The number of pyridine rings is 1. The molecule has 0 saturated heterocycles. The van der Waals surface area contributed by atoms with Gasteiger partial charge in [0, 0.05) is 0 Å². The van der Waals surface area contributed by atoms with Crippen LogP contribution in [0.25, 0.3) is 0 Å². The molecule has 12 heavy (non-hydrogen) atoms. The number of rotatable bonds is 0. The second kappa shape index (κ2) is 5.14. The van der Waals surface area contributed by atoms with Gasteiger partial charge in [0.15, 0.2) is 0 Å². The minimum Gasteiger partial charge on any atom is -0.506 e. The van der Waals surface area contributed by atoms with Crippen molar-refractivity contribution in [2.75, 3.05) is 0 Å². The Labute approximate surface area is 81.8 Å². The zero-order valence-electron chi connectivity index (χ0n) is 7.85. The first-order valence-corrected chi connectivity index (χ1v) is 4.73. The summed E-state index contributed by atoms with van der Waals surface area (Å²) < 4.78 is 0.794. The van der Waals surface area contributed by atoms with Gasteiger partial charge in [0.1, 0.15) is 10.4 Å². The molecule has 68 valence electrons. The highest BCUT2D eigenvalue weighted by molar-refractivity contribution is 9.10. The normalized spacial score (nSPS) is 8.75. The van der Waals surface area contributed by atoms with Crippen molar-refractivity contribution >= 4 is 15.9 Å². The summed E-state index contributed by atoms with van der Waals surface area (Å²) in [6.45, 7) is 7.65. The second-order valence-corrected chi connectivity index (χ2v) is 2.95. The quantitative estimate of drug-likeness (QED) is 0.697. The maximum atomic E-state index is 9.14. The van der Waals surface area contributed by atoms with Gasteiger partial charge in [-0.15, -0.1) is 0 Å². The molecule has 0 spiro atoms. The third-order valence-corrected chi connectivity index (χ3v) is 2.12. The van der Waals surface area contributed by atoms with Crippen molar-refractivity contribution < 1.29 is 5.11 Å². The van der Waals surface area contributed by atoms with Crippen LogP contribution in [0, 0.1) is 13.8 Å². The molecule has 1 rings (SSSR count). The van der Waals surface area contributed by atoms with Gasteiger partial charge < -0.3 is 5.11 Å². The minimum absolute atomic E-state index is 0.251. The van der Waals surface area contributed by atoms with Crippen molar-refractivity contribution in [2.45, 2.75) is 27.7 Å². The van der Waals surface area contributed by atoms with Gasteiger partial charge in [0.25, 0.3) is 0 Å². The lowest BCUT2D eigenvalue weighted by atomic mass is 10.3. The number of hydrogen-bond acceptors (Lipinski definition) is 2. The number of nitrogens with zero attached hydrogens (tertiary/aromatic N) is 1. The summed E-state index contributed by atoms with van der Waals surface area (Å²) in [5.74, 6) is 0.251. The molecule has 2 nitrogen and oxygen atoms in total. The number of aromatic hydroxyl groups is 1. The monoisotopic (exact) mass is 231 g/mol. The molecule has 0 aliphatic heterocycles. The molecule has 0 atom stereocenters. The molecular weight excluding hydrogens is 218 g/mol. The first-order chi connectivity index (χ1) is 5.61. The highest BCUT2D eigenvalue weighted by Crippen LogP contribution is 2.20. The fraction of sp³-hybridized carbons (Fsp3) is 0.444. The molecule has 0 bridgehead atoms. The first kappa shape index (κ1) is 11.4. The fourth-order valence-electron chi connectivity index (χ4n) is 0.662. The topological polar surface area (TPSA) is 33.1 Å². The summed E-state index contributed by atoms with van der Waals surface area (Å²) in [5, 5.41) is 9.14. The van der Waals surface area contributed by atoms with Crippen LogP contribution in [-0.4, -0.2) is 10.1 Å². The largest absolute Gasteiger partial charge is 0.506 e. The van der Waals surface area contributed by atoms with E-state index in [0.717, 1.165) is 10.2 Å². The Morgan fingerprint density at radius 3 is 2.25 bits per heavy atom. The van der Waals surface area contributed by atoms with Gasteiger partial charge in [-0.25, -0.2) is 4.98 Å². The molecule has 1 N–H and O–H groups in total. The number of aromatic nitrogens is 1. The Morgan fingerprint density at radius 1 is 1.33 bits per heavy atom. The third kappa shape index (κ3) is 2.81. The molecule has 0 amide bonds. The lowest BCUT2D eigenvalue weighted by molar-refractivity contribution is 0.466. The van der Waals surface area contributed by atoms with E-state index < -0.39 is 0 Å². The molecule has 0 radical (unpaired) electrons. The molecule has 0 aliphatic rings. The first-order valence-electron chi connectivity index (χ1n) is 3.94. The molecule has 1 heterocycles. The highest BCUT2D eigenvalue weighted by Gasteiger charge is 2.00. The van der Waals surface area contributed by atoms with E-state index in [1.807, 2.05) is 20.8 Å². The molecule has 0 saturated carbocycles. The summed E-state index contributed by atoms with van der Waals surface area (Å²) in [5.41, 5.74) is 1.60. The Balaban J connectivity index is 0.000000561. The van der Waals surface area contributed by atoms with E-state index >= 15 is 0 Å². The van der Waals surface area contributed by atoms with Gasteiger partial charge in [-0.1, -0.05) is 13.8 Å². The Morgan fingerprint density at radius 2 is 1.83 bits per heavy atom. The van der Waals surface area contributed by atoms with E-state index in [4.69, 9.17) is 5.11 Å². The smallest absolute Gasteiger partial charge is 0.137 e. The molecular formula is C9H14BrNO. The maximum Gasteiger partial charge on any atom is 0.137 e. The highest BCUT2D eigenvalue weighted by atomic mass is 79.9. The summed E-state index contributed by atoms with van der Waals surface area (Å²) in [4.78, 5) is 4.04. The number of halogens is 1. The molecule has 0 unspecified atom stereocenters. The van der Waals surface area contributed by atoms with E-state index in [1.165, 1.54) is 0 Å². The van der Waals surface area contributed by atoms with E-state index in [-0.39, 0.29) is 5.75 Å². The Kier molecular flexibility index (Phi) is 4.90. The van der Waals surface area contributed by atoms with Gasteiger partial charge in [-0.2, -0.15) is 0 Å². The number of aryl methyl sites for hydroxylation is 2. The van der Waals surface area contributed by atoms with Crippen LogP contribution in [-0.2, 0) is 0 Å². The Hall–Kier alpha value is -0.570. The van der Waals surface area contributed by atoms with Crippen molar-refractivity contribution in [3.63, 3.8) is 0 Å². The zero-order chi connectivity index (χ0) is 9.72. The number of hydrogen-bond donors (Lipinski definition) is 1. The molecule has 1 aromatic heterocycles. The minimum atomic E-state index is 0.251. The van der Waals surface area contributed by atoms with Gasteiger partial charge in [0.2, 0.25) is 0 Å². The standard InChI is InChI=1S/C7H8BrNO.C2H6/c1-4-3-6(10)5(2)9-7(4)8;1-2/h3,10H,1-2H3;1-2H3. The molecule has 3 heteroatoms. The van der Waals surface area contributed by atoms with E-state index in [9.17, 15) is 0 Å². The van der Waals surface area contributed by atoms with Crippen molar-refractivity contribution in [1.29, 1.82) is 0 Å². The SMILES string of the molecule is CC.Cc1cc(O)c(C)nc1Br. The second-order valence-electron chi connectivity index (χ2n) is 2.20. The van der Waals surface area contributed by atoms with Gasteiger partial charge >= 0.3 is 0 Å². The van der Waals surface area contributed by atoms with Crippen LogP contribution in [0.15, 0.2) is 10.7 Å². The van der Waals surface area contributed by atoms with E-state index in [1.54, 1.807) is 13.0 Å². The van der Waals surface area contributed by atoms with Crippen molar-refractivity contribution in [3.8, 4) is 5.75 Å². The summed E-state index contributed by atoms with van der Waals surface area (Å²) in [7, 11) is 0. The van der Waals surface area contributed by atoms with Gasteiger partial charge in [0.05, 0.1) is 5.69 Å². The molecule has 1 aromatic rings. The van der Waals surface area contributed by atoms with E-state index in [0.29, 0.717) is 5.69 Å². The van der Waals surface area contributed by atoms with Crippen LogP contribution in [0.1, 0.15) is 25.1 Å². The maximum absolute atomic E-state index is 9.14. The van der Waals surface area contributed by atoms with Crippen LogP contribution in [0.3, 0.4) is 0 Å². The predicted molar refractivity (Wildman–Crippen MR) is 54.4 cm³/mol. The van der Waals surface area contributed by atoms with Gasteiger partial charge in [-0.3, -0.25) is 0 Å². The molecule has 0 aliphatic carbocycles. The summed E-state index contributed by atoms with van der Waals surface area (Å²) in [6.07, 6.45) is 0. The Bertz CT molecular complexity index is 211. The molecule has 0 aromatic carbocycles.